The van der Waals surface area contributed by atoms with E-state index in [2.05, 4.69) is 76.9 Å². The molecule has 3 aliphatic rings. The number of rotatable bonds is 4. The lowest BCUT2D eigenvalue weighted by atomic mass is 9.87. The molecule has 0 aromatic heterocycles. The predicted molar refractivity (Wildman–Crippen MR) is 156 cm³/mol. The summed E-state index contributed by atoms with van der Waals surface area (Å²) in [6, 6.07) is 30.6. The van der Waals surface area contributed by atoms with Gasteiger partial charge in [-0.2, -0.15) is 0 Å². The first-order valence-corrected chi connectivity index (χ1v) is 14.2. The summed E-state index contributed by atoms with van der Waals surface area (Å²) in [7, 11) is 0. The van der Waals surface area contributed by atoms with Crippen LogP contribution < -0.4 is 10.1 Å². The van der Waals surface area contributed by atoms with Crippen LogP contribution in [0.25, 0.3) is 0 Å². The van der Waals surface area contributed by atoms with Gasteiger partial charge >= 0.3 is 0 Å². The number of fused-ring (bicyclic) bond motifs is 3. The van der Waals surface area contributed by atoms with Crippen molar-refractivity contribution in [2.24, 2.45) is 0 Å². The SMILES string of the molecule is Cc1ccccc1F.O=C(CN1CCc2ccccc2C1c1cccc2c1OCC2)NC1Cc2ccccc2C1. The summed E-state index contributed by atoms with van der Waals surface area (Å²) in [5, 5.41) is 3.31. The molecule has 1 aliphatic carbocycles. The molecule has 0 bridgehead atoms. The van der Waals surface area contributed by atoms with Gasteiger partial charge in [0.25, 0.3) is 0 Å². The molecule has 40 heavy (non-hydrogen) atoms. The molecule has 2 aliphatic heterocycles. The zero-order valence-corrected chi connectivity index (χ0v) is 22.9. The fourth-order valence-electron chi connectivity index (χ4n) is 6.28. The van der Waals surface area contributed by atoms with E-state index in [4.69, 9.17) is 4.74 Å². The number of nitrogens with one attached hydrogen (secondary N) is 1. The Morgan fingerprint density at radius 1 is 0.825 bits per heavy atom. The van der Waals surface area contributed by atoms with Crippen LogP contribution in [0.5, 0.6) is 5.75 Å². The summed E-state index contributed by atoms with van der Waals surface area (Å²) in [6.07, 6.45) is 3.77. The zero-order valence-electron chi connectivity index (χ0n) is 22.9. The molecule has 0 saturated heterocycles. The van der Waals surface area contributed by atoms with Crippen LogP contribution in [0.15, 0.2) is 91.0 Å². The molecule has 5 heteroatoms. The van der Waals surface area contributed by atoms with Crippen LogP contribution >= 0.6 is 0 Å². The van der Waals surface area contributed by atoms with Crippen molar-refractivity contribution in [1.82, 2.24) is 10.2 Å². The normalized spacial score (nSPS) is 17.6. The fraction of sp³-hybridized carbons (Fsp3) is 0.286. The highest BCUT2D eigenvalue weighted by atomic mass is 19.1. The van der Waals surface area contributed by atoms with Gasteiger partial charge < -0.3 is 10.1 Å². The van der Waals surface area contributed by atoms with Crippen molar-refractivity contribution in [1.29, 1.82) is 0 Å². The molecule has 1 unspecified atom stereocenters. The Bertz CT molecular complexity index is 1470. The number of para-hydroxylation sites is 1. The highest BCUT2D eigenvalue weighted by Crippen LogP contribution is 2.42. The maximum absolute atomic E-state index is 13.2. The molecule has 0 saturated carbocycles. The van der Waals surface area contributed by atoms with Gasteiger partial charge in [-0.25, -0.2) is 4.39 Å². The van der Waals surface area contributed by atoms with Crippen molar-refractivity contribution in [3.8, 4) is 5.75 Å². The van der Waals surface area contributed by atoms with Crippen LogP contribution in [-0.2, 0) is 30.5 Å². The Morgan fingerprint density at radius 2 is 1.48 bits per heavy atom. The lowest BCUT2D eigenvalue weighted by Crippen LogP contribution is -2.46. The molecule has 7 rings (SSSR count). The van der Waals surface area contributed by atoms with Gasteiger partial charge in [-0.1, -0.05) is 84.9 Å². The summed E-state index contributed by atoms with van der Waals surface area (Å²) >= 11 is 0. The molecule has 1 amide bonds. The minimum atomic E-state index is -0.132. The molecule has 4 aromatic rings. The first kappa shape index (κ1) is 26.3. The Hall–Kier alpha value is -3.96. The molecule has 0 fully saturated rings. The smallest absolute Gasteiger partial charge is 0.234 e. The summed E-state index contributed by atoms with van der Waals surface area (Å²) in [4.78, 5) is 15.5. The third-order valence-corrected chi connectivity index (χ3v) is 8.26. The van der Waals surface area contributed by atoms with Crippen LogP contribution in [0.3, 0.4) is 0 Å². The number of ether oxygens (including phenoxy) is 1. The topological polar surface area (TPSA) is 41.6 Å². The molecule has 1 atom stereocenters. The van der Waals surface area contributed by atoms with E-state index in [1.807, 2.05) is 6.07 Å². The minimum absolute atomic E-state index is 0.0412. The van der Waals surface area contributed by atoms with E-state index in [9.17, 15) is 9.18 Å². The molecular formula is C35H35FN2O2. The monoisotopic (exact) mass is 534 g/mol. The second kappa shape index (κ2) is 11.6. The lowest BCUT2D eigenvalue weighted by molar-refractivity contribution is -0.123. The minimum Gasteiger partial charge on any atom is -0.493 e. The van der Waals surface area contributed by atoms with E-state index in [1.54, 1.807) is 19.1 Å². The predicted octanol–water partition coefficient (Wildman–Crippen LogP) is 5.99. The Kier molecular flexibility index (Phi) is 7.65. The maximum atomic E-state index is 13.2. The van der Waals surface area contributed by atoms with E-state index < -0.39 is 0 Å². The molecule has 0 radical (unpaired) electrons. The van der Waals surface area contributed by atoms with Crippen molar-refractivity contribution in [3.05, 3.63) is 136 Å². The van der Waals surface area contributed by atoms with Crippen LogP contribution in [0.4, 0.5) is 4.39 Å². The summed E-state index contributed by atoms with van der Waals surface area (Å²) in [5.41, 5.74) is 8.55. The number of halogens is 1. The standard InChI is InChI=1S/C28H28N2O2.C7H7F/c31-26(29-23-16-21-7-1-2-8-22(21)17-23)18-30-14-12-19-6-3-4-10-24(19)27(30)25-11-5-9-20-13-15-32-28(20)25;1-6-4-2-3-5-7(6)8/h1-11,23,27H,12-18H2,(H,29,31);2-5H,1H3. The van der Waals surface area contributed by atoms with Gasteiger partial charge in [0.15, 0.2) is 0 Å². The summed E-state index contributed by atoms with van der Waals surface area (Å²) in [5.74, 6) is 0.999. The van der Waals surface area contributed by atoms with Crippen molar-refractivity contribution in [3.63, 3.8) is 0 Å². The number of carbonyl (C=O) groups is 1. The molecule has 4 aromatic carbocycles. The molecule has 204 valence electrons. The van der Waals surface area contributed by atoms with Gasteiger partial charge in [-0.15, -0.1) is 0 Å². The van der Waals surface area contributed by atoms with Crippen LogP contribution in [0.1, 0.15) is 45.0 Å². The van der Waals surface area contributed by atoms with Crippen molar-refractivity contribution in [2.45, 2.75) is 44.7 Å². The van der Waals surface area contributed by atoms with Crippen LogP contribution in [0, 0.1) is 12.7 Å². The van der Waals surface area contributed by atoms with E-state index in [0.717, 1.165) is 44.6 Å². The van der Waals surface area contributed by atoms with Crippen LogP contribution in [-0.4, -0.2) is 36.5 Å². The number of amides is 1. The number of aryl methyl sites for hydroxylation is 1. The number of nitrogens with zero attached hydrogens (tertiary/aromatic N) is 1. The van der Waals surface area contributed by atoms with Gasteiger partial charge in [-0.3, -0.25) is 9.69 Å². The highest BCUT2D eigenvalue weighted by molar-refractivity contribution is 5.79. The zero-order chi connectivity index (χ0) is 27.5. The first-order valence-electron chi connectivity index (χ1n) is 14.2. The largest absolute Gasteiger partial charge is 0.493 e. The maximum Gasteiger partial charge on any atom is 0.234 e. The molecule has 1 N–H and O–H groups in total. The number of benzene rings is 4. The van der Waals surface area contributed by atoms with E-state index in [-0.39, 0.29) is 23.8 Å². The van der Waals surface area contributed by atoms with E-state index in [1.165, 1.54) is 39.4 Å². The first-order chi connectivity index (χ1) is 19.6. The van der Waals surface area contributed by atoms with E-state index >= 15 is 0 Å². The summed E-state index contributed by atoms with van der Waals surface area (Å²) < 4.78 is 18.4. The Labute approximate surface area is 235 Å². The Morgan fingerprint density at radius 3 is 2.20 bits per heavy atom. The van der Waals surface area contributed by atoms with Crippen molar-refractivity contribution in [2.75, 3.05) is 19.7 Å². The number of hydrogen-bond acceptors (Lipinski definition) is 3. The number of hydrogen-bond donors (Lipinski definition) is 1. The van der Waals surface area contributed by atoms with Gasteiger partial charge in [-0.05, 0) is 65.6 Å². The second-order valence-electron chi connectivity index (χ2n) is 10.9. The van der Waals surface area contributed by atoms with Gasteiger partial charge in [0, 0.05) is 24.6 Å². The third-order valence-electron chi connectivity index (χ3n) is 8.26. The van der Waals surface area contributed by atoms with Gasteiger partial charge in [0.1, 0.15) is 11.6 Å². The summed E-state index contributed by atoms with van der Waals surface area (Å²) in [6.45, 7) is 3.75. The molecule has 0 spiro atoms. The lowest BCUT2D eigenvalue weighted by Gasteiger charge is -2.38. The van der Waals surface area contributed by atoms with Crippen molar-refractivity contribution < 1.29 is 13.9 Å². The Balaban J connectivity index is 0.000000313. The molecule has 2 heterocycles. The average Bonchev–Trinajstić information content (AvgIpc) is 3.61. The number of carbonyl (C=O) groups excluding carboxylic acids is 1. The van der Waals surface area contributed by atoms with E-state index in [0.29, 0.717) is 12.1 Å². The highest BCUT2D eigenvalue weighted by Gasteiger charge is 2.34. The third kappa shape index (κ3) is 5.52. The van der Waals surface area contributed by atoms with Crippen LogP contribution in [0.2, 0.25) is 0 Å². The van der Waals surface area contributed by atoms with Gasteiger partial charge in [0.05, 0.1) is 19.2 Å². The molecule has 4 nitrogen and oxygen atoms in total. The second-order valence-corrected chi connectivity index (χ2v) is 10.9. The van der Waals surface area contributed by atoms with Gasteiger partial charge in [0.2, 0.25) is 5.91 Å². The average molecular weight is 535 g/mol. The fourth-order valence-corrected chi connectivity index (χ4v) is 6.28. The van der Waals surface area contributed by atoms with Crippen molar-refractivity contribution >= 4 is 5.91 Å². The quantitative estimate of drug-likeness (QED) is 0.350. The molecular weight excluding hydrogens is 499 g/mol.